The Kier molecular flexibility index (Phi) is 3.85. The lowest BCUT2D eigenvalue weighted by molar-refractivity contribution is 0.660. The summed E-state index contributed by atoms with van der Waals surface area (Å²) in [5, 5.41) is 1.23. The molecule has 0 fully saturated rings. The van der Waals surface area contributed by atoms with Crippen LogP contribution in [0.4, 0.5) is 0 Å². The van der Waals surface area contributed by atoms with E-state index in [2.05, 4.69) is 0 Å². The number of hydrogen-bond acceptors (Lipinski definition) is 2. The molecule has 0 aliphatic heterocycles. The Morgan fingerprint density at radius 2 is 1.61 bits per heavy atom. The second-order valence-electron chi connectivity index (χ2n) is 6.85. The molecule has 28 heavy (non-hydrogen) atoms. The van der Waals surface area contributed by atoms with Crippen molar-refractivity contribution in [2.45, 2.75) is 6.92 Å². The molecule has 0 bridgehead atoms. The van der Waals surface area contributed by atoms with Gasteiger partial charge in [0, 0.05) is 16.8 Å². The molecule has 3 aromatic carbocycles. The molecule has 136 valence electrons. The zero-order valence-electron chi connectivity index (χ0n) is 15.1. The van der Waals surface area contributed by atoms with Gasteiger partial charge in [-0.1, -0.05) is 53.6 Å². The van der Waals surface area contributed by atoms with Gasteiger partial charge in [-0.2, -0.15) is 0 Å². The van der Waals surface area contributed by atoms with Crippen LogP contribution in [-0.4, -0.2) is 4.57 Å². The van der Waals surface area contributed by atoms with Crippen LogP contribution in [0, 0.1) is 6.92 Å². The maximum Gasteiger partial charge on any atom is 0.217 e. The molecule has 0 unspecified atom stereocenters. The van der Waals surface area contributed by atoms with Crippen LogP contribution in [0.5, 0.6) is 0 Å². The predicted molar refractivity (Wildman–Crippen MR) is 115 cm³/mol. The van der Waals surface area contributed by atoms with E-state index in [1.807, 2.05) is 90.4 Å². The maximum atomic E-state index is 13.4. The third-order valence-electron chi connectivity index (χ3n) is 4.93. The summed E-state index contributed by atoms with van der Waals surface area (Å²) in [6.45, 7) is 1.97. The third-order valence-corrected chi connectivity index (χ3v) is 5.19. The van der Waals surface area contributed by atoms with Crippen LogP contribution >= 0.6 is 11.6 Å². The molecule has 0 saturated heterocycles. The van der Waals surface area contributed by atoms with E-state index < -0.39 is 0 Å². The van der Waals surface area contributed by atoms with Gasteiger partial charge in [-0.25, -0.2) is 0 Å². The van der Waals surface area contributed by atoms with Gasteiger partial charge in [-0.3, -0.25) is 4.79 Å². The van der Waals surface area contributed by atoms with E-state index in [0.29, 0.717) is 27.1 Å². The van der Waals surface area contributed by atoms with Crippen molar-refractivity contribution in [3.63, 3.8) is 0 Å². The first-order valence-corrected chi connectivity index (χ1v) is 9.40. The fourth-order valence-electron chi connectivity index (χ4n) is 3.61. The Morgan fingerprint density at radius 3 is 2.36 bits per heavy atom. The van der Waals surface area contributed by atoms with Crippen LogP contribution in [0.15, 0.2) is 88.1 Å². The minimum atomic E-state index is -0.0444. The lowest BCUT2D eigenvalue weighted by atomic mass is 10.1. The average Bonchev–Trinajstić information content (AvgIpc) is 3.10. The van der Waals surface area contributed by atoms with E-state index in [9.17, 15) is 4.79 Å². The highest BCUT2D eigenvalue weighted by molar-refractivity contribution is 6.30. The SMILES string of the molecule is Cc1ccc2oc3cc(-c4ccccc4)n(-c4ccc(Cl)cc4)c3c(=O)c2c1. The quantitative estimate of drug-likeness (QED) is 0.354. The molecule has 0 spiro atoms. The summed E-state index contributed by atoms with van der Waals surface area (Å²) in [4.78, 5) is 13.4. The molecule has 5 aromatic rings. The third kappa shape index (κ3) is 2.63. The molecule has 0 radical (unpaired) electrons. The number of rotatable bonds is 2. The number of aromatic nitrogens is 1. The van der Waals surface area contributed by atoms with E-state index in [1.54, 1.807) is 0 Å². The molecule has 0 N–H and O–H groups in total. The van der Waals surface area contributed by atoms with Gasteiger partial charge >= 0.3 is 0 Å². The summed E-state index contributed by atoms with van der Waals surface area (Å²) < 4.78 is 8.08. The number of hydrogen-bond donors (Lipinski definition) is 0. The number of benzene rings is 3. The first-order valence-electron chi connectivity index (χ1n) is 9.02. The van der Waals surface area contributed by atoms with Crippen LogP contribution < -0.4 is 5.43 Å². The van der Waals surface area contributed by atoms with Crippen LogP contribution in [-0.2, 0) is 0 Å². The summed E-state index contributed by atoms with van der Waals surface area (Å²) in [7, 11) is 0. The standard InChI is InChI=1S/C24H16ClNO2/c1-15-7-12-21-19(13-15)24(27)23-22(28-21)14-20(16-5-3-2-4-6-16)26(23)18-10-8-17(25)9-11-18/h2-14H,1H3. The highest BCUT2D eigenvalue weighted by atomic mass is 35.5. The molecule has 0 aliphatic rings. The van der Waals surface area contributed by atoms with E-state index in [-0.39, 0.29) is 5.43 Å². The van der Waals surface area contributed by atoms with Crippen molar-refractivity contribution in [3.8, 4) is 16.9 Å². The number of nitrogens with zero attached hydrogens (tertiary/aromatic N) is 1. The van der Waals surface area contributed by atoms with Gasteiger partial charge < -0.3 is 8.98 Å². The topological polar surface area (TPSA) is 35.1 Å². The summed E-state index contributed by atoms with van der Waals surface area (Å²) >= 11 is 6.09. The second-order valence-corrected chi connectivity index (χ2v) is 7.29. The fourth-order valence-corrected chi connectivity index (χ4v) is 3.74. The monoisotopic (exact) mass is 385 g/mol. The average molecular weight is 386 g/mol. The first-order chi connectivity index (χ1) is 13.6. The Bertz CT molecular complexity index is 1380. The molecule has 4 heteroatoms. The molecule has 0 aliphatic carbocycles. The Hall–Kier alpha value is -3.30. The highest BCUT2D eigenvalue weighted by Gasteiger charge is 2.19. The summed E-state index contributed by atoms with van der Waals surface area (Å²) in [5.74, 6) is 0. The zero-order chi connectivity index (χ0) is 19.3. The summed E-state index contributed by atoms with van der Waals surface area (Å²) in [6.07, 6.45) is 0. The highest BCUT2D eigenvalue weighted by Crippen LogP contribution is 2.32. The Balaban J connectivity index is 1.95. The smallest absolute Gasteiger partial charge is 0.217 e. The number of fused-ring (bicyclic) bond motifs is 2. The van der Waals surface area contributed by atoms with Gasteiger partial charge in [-0.15, -0.1) is 0 Å². The minimum Gasteiger partial charge on any atom is -0.454 e. The fraction of sp³-hybridized carbons (Fsp3) is 0.0417. The number of halogens is 1. The molecule has 0 atom stereocenters. The lowest BCUT2D eigenvalue weighted by Gasteiger charge is -2.11. The molecule has 2 heterocycles. The zero-order valence-corrected chi connectivity index (χ0v) is 15.9. The largest absolute Gasteiger partial charge is 0.454 e. The first kappa shape index (κ1) is 16.8. The van der Waals surface area contributed by atoms with Crippen molar-refractivity contribution in [1.82, 2.24) is 4.57 Å². The Labute approximate surface area is 166 Å². The van der Waals surface area contributed by atoms with Crippen molar-refractivity contribution in [1.29, 1.82) is 0 Å². The molecule has 0 saturated carbocycles. The van der Waals surface area contributed by atoms with Gasteiger partial charge in [0.1, 0.15) is 11.1 Å². The summed E-state index contributed by atoms with van der Waals surface area (Å²) in [6, 6.07) is 25.1. The van der Waals surface area contributed by atoms with Crippen molar-refractivity contribution in [3.05, 3.63) is 99.7 Å². The molecule has 5 rings (SSSR count). The molecule has 2 aromatic heterocycles. The maximum absolute atomic E-state index is 13.4. The second kappa shape index (κ2) is 6.39. The van der Waals surface area contributed by atoms with E-state index in [4.69, 9.17) is 16.0 Å². The van der Waals surface area contributed by atoms with Gasteiger partial charge in [0.2, 0.25) is 5.43 Å². The van der Waals surface area contributed by atoms with Gasteiger partial charge in [-0.05, 0) is 48.9 Å². The van der Waals surface area contributed by atoms with E-state index in [0.717, 1.165) is 22.5 Å². The Morgan fingerprint density at radius 1 is 0.857 bits per heavy atom. The van der Waals surface area contributed by atoms with E-state index >= 15 is 0 Å². The van der Waals surface area contributed by atoms with Crippen molar-refractivity contribution >= 4 is 33.7 Å². The molecule has 3 nitrogen and oxygen atoms in total. The van der Waals surface area contributed by atoms with Gasteiger partial charge in [0.25, 0.3) is 0 Å². The van der Waals surface area contributed by atoms with Gasteiger partial charge in [0.15, 0.2) is 5.58 Å². The molecular formula is C24H16ClNO2. The number of aryl methyl sites for hydroxylation is 1. The molecule has 0 amide bonds. The van der Waals surface area contributed by atoms with Crippen LogP contribution in [0.2, 0.25) is 5.02 Å². The van der Waals surface area contributed by atoms with Crippen LogP contribution in [0.25, 0.3) is 39.0 Å². The van der Waals surface area contributed by atoms with Crippen molar-refractivity contribution in [2.24, 2.45) is 0 Å². The molecular weight excluding hydrogens is 370 g/mol. The van der Waals surface area contributed by atoms with Crippen LogP contribution in [0.3, 0.4) is 0 Å². The van der Waals surface area contributed by atoms with Crippen molar-refractivity contribution < 1.29 is 4.42 Å². The minimum absolute atomic E-state index is 0.0444. The van der Waals surface area contributed by atoms with Crippen molar-refractivity contribution in [2.75, 3.05) is 0 Å². The van der Waals surface area contributed by atoms with Crippen LogP contribution in [0.1, 0.15) is 5.56 Å². The van der Waals surface area contributed by atoms with E-state index in [1.165, 1.54) is 0 Å². The van der Waals surface area contributed by atoms with Gasteiger partial charge in [0.05, 0.1) is 11.1 Å². The summed E-state index contributed by atoms with van der Waals surface area (Å²) in [5.41, 5.74) is 5.42. The predicted octanol–water partition coefficient (Wildman–Crippen LogP) is 6.37. The normalized spacial score (nSPS) is 11.4. The lowest BCUT2D eigenvalue weighted by Crippen LogP contribution is -2.08.